The molecule has 3 heterocycles. The molecule has 11 aromatic rings. The fraction of sp³-hybridized carbons (Fsp3) is 0. The van der Waals surface area contributed by atoms with E-state index in [4.69, 9.17) is 4.42 Å². The third kappa shape index (κ3) is 4.19. The van der Waals surface area contributed by atoms with Crippen LogP contribution in [0, 0.1) is 0 Å². The minimum Gasteiger partial charge on any atom is -0.455 e. The van der Waals surface area contributed by atoms with E-state index in [0.717, 1.165) is 39.0 Å². The van der Waals surface area contributed by atoms with E-state index in [-0.39, 0.29) is 0 Å². The van der Waals surface area contributed by atoms with Crippen molar-refractivity contribution in [2.24, 2.45) is 0 Å². The van der Waals surface area contributed by atoms with Crippen molar-refractivity contribution >= 4 is 113 Å². The van der Waals surface area contributed by atoms with Gasteiger partial charge in [-0.2, -0.15) is 0 Å². The first-order chi connectivity index (χ1) is 24.8. The second-order valence-corrected chi connectivity index (χ2v) is 15.0. The Morgan fingerprint density at radius 2 is 1.08 bits per heavy atom. The van der Waals surface area contributed by atoms with Crippen LogP contribution in [0.5, 0.6) is 0 Å². The Morgan fingerprint density at radius 1 is 0.420 bits per heavy atom. The third-order valence-electron chi connectivity index (χ3n) is 10.0. The highest BCUT2D eigenvalue weighted by Crippen LogP contribution is 2.50. The second kappa shape index (κ2) is 10.8. The van der Waals surface area contributed by atoms with Crippen LogP contribution in [0.3, 0.4) is 0 Å². The highest BCUT2D eigenvalue weighted by atomic mass is 32.1. The number of nitrogens with zero attached hydrogens (tertiary/aromatic N) is 1. The minimum atomic E-state index is 0.911. The van der Waals surface area contributed by atoms with E-state index < -0.39 is 0 Å². The van der Waals surface area contributed by atoms with Gasteiger partial charge in [0.15, 0.2) is 0 Å². The maximum atomic E-state index is 6.64. The van der Waals surface area contributed by atoms with E-state index in [1.54, 1.807) is 0 Å². The summed E-state index contributed by atoms with van der Waals surface area (Å²) >= 11 is 3.70. The lowest BCUT2D eigenvalue weighted by molar-refractivity contribution is 0.673. The minimum absolute atomic E-state index is 0.911. The monoisotopic (exact) mass is 673 g/mol. The van der Waals surface area contributed by atoms with Crippen molar-refractivity contribution < 1.29 is 4.42 Å². The topological polar surface area (TPSA) is 16.4 Å². The molecule has 50 heavy (non-hydrogen) atoms. The van der Waals surface area contributed by atoms with Gasteiger partial charge in [0.1, 0.15) is 11.2 Å². The van der Waals surface area contributed by atoms with Crippen LogP contribution in [-0.2, 0) is 0 Å². The third-order valence-corrected chi connectivity index (χ3v) is 12.4. The molecule has 0 bridgehead atoms. The van der Waals surface area contributed by atoms with E-state index in [0.29, 0.717) is 0 Å². The largest absolute Gasteiger partial charge is 0.455 e. The number of anilines is 3. The summed E-state index contributed by atoms with van der Waals surface area (Å²) < 4.78 is 11.8. The molecule has 0 aliphatic heterocycles. The number of hydrogen-bond acceptors (Lipinski definition) is 4. The highest BCUT2D eigenvalue weighted by molar-refractivity contribution is 7.26. The predicted octanol–water partition coefficient (Wildman–Crippen LogP) is 14.6. The lowest BCUT2D eigenvalue weighted by atomic mass is 10.0. The van der Waals surface area contributed by atoms with Crippen LogP contribution >= 0.6 is 22.7 Å². The number of benzene rings is 8. The Hall–Kier alpha value is -5.94. The lowest BCUT2D eigenvalue weighted by Crippen LogP contribution is -2.10. The zero-order valence-corrected chi connectivity index (χ0v) is 28.4. The normalized spacial score (nSPS) is 12.0. The first-order valence-electron chi connectivity index (χ1n) is 16.8. The first kappa shape index (κ1) is 28.0. The lowest BCUT2D eigenvalue weighted by Gasteiger charge is -2.27. The molecule has 0 saturated carbocycles. The van der Waals surface area contributed by atoms with Gasteiger partial charge in [0, 0.05) is 57.8 Å². The van der Waals surface area contributed by atoms with E-state index in [2.05, 4.69) is 169 Å². The molecule has 2 nitrogen and oxygen atoms in total. The number of rotatable bonds is 4. The van der Waals surface area contributed by atoms with Crippen molar-refractivity contribution in [1.29, 1.82) is 0 Å². The van der Waals surface area contributed by atoms with Gasteiger partial charge in [-0.1, -0.05) is 109 Å². The maximum Gasteiger partial charge on any atom is 0.144 e. The standard InChI is InChI=1S/C46H27NOS2/c1-2-10-30-25-33(23-19-28(30)9-1)47(32-21-17-29(18-22-32)31-20-24-36-35-12-4-7-15-41(35)49-43(36)26-31)39-27-38-34-11-3-6-14-40(34)48-45(38)44-37-13-5-8-16-42(37)50-46(39)44/h1-27H. The molecular weight excluding hydrogens is 647 g/mol. The van der Waals surface area contributed by atoms with Crippen molar-refractivity contribution in [3.8, 4) is 11.1 Å². The molecule has 0 saturated heterocycles. The van der Waals surface area contributed by atoms with Gasteiger partial charge in [0.05, 0.1) is 10.4 Å². The van der Waals surface area contributed by atoms with Gasteiger partial charge < -0.3 is 9.32 Å². The van der Waals surface area contributed by atoms with Crippen LogP contribution in [0.1, 0.15) is 0 Å². The van der Waals surface area contributed by atoms with E-state index in [9.17, 15) is 0 Å². The Balaban J connectivity index is 1.15. The van der Waals surface area contributed by atoms with Gasteiger partial charge in [-0.05, 0) is 76.5 Å². The number of thiophene rings is 2. The summed E-state index contributed by atoms with van der Waals surface area (Å²) in [4.78, 5) is 2.43. The fourth-order valence-corrected chi connectivity index (χ4v) is 10.0. The quantitative estimate of drug-likeness (QED) is 0.185. The molecule has 0 fully saturated rings. The number of hydrogen-bond donors (Lipinski definition) is 0. The Labute approximate surface area is 295 Å². The van der Waals surface area contributed by atoms with Crippen LogP contribution in [0.2, 0.25) is 0 Å². The molecule has 0 unspecified atom stereocenters. The number of para-hydroxylation sites is 1. The molecule has 0 N–H and O–H groups in total. The Bertz CT molecular complexity index is 3110. The van der Waals surface area contributed by atoms with Crippen LogP contribution in [0.15, 0.2) is 168 Å². The molecule has 3 aromatic heterocycles. The molecule has 0 amide bonds. The molecule has 0 aliphatic carbocycles. The fourth-order valence-electron chi connectivity index (χ4n) is 7.67. The van der Waals surface area contributed by atoms with Gasteiger partial charge >= 0.3 is 0 Å². The summed E-state index contributed by atoms with van der Waals surface area (Å²) in [7, 11) is 0. The van der Waals surface area contributed by atoms with Gasteiger partial charge in [-0.25, -0.2) is 0 Å². The van der Waals surface area contributed by atoms with Crippen LogP contribution in [0.4, 0.5) is 17.1 Å². The predicted molar refractivity (Wildman–Crippen MR) is 217 cm³/mol. The van der Waals surface area contributed by atoms with Crippen LogP contribution in [-0.4, -0.2) is 0 Å². The van der Waals surface area contributed by atoms with Crippen molar-refractivity contribution in [1.82, 2.24) is 0 Å². The van der Waals surface area contributed by atoms with Crippen molar-refractivity contribution in [2.45, 2.75) is 0 Å². The van der Waals surface area contributed by atoms with Gasteiger partial charge in [-0.15, -0.1) is 22.7 Å². The molecule has 0 aliphatic rings. The van der Waals surface area contributed by atoms with Gasteiger partial charge in [0.2, 0.25) is 0 Å². The number of furan rings is 1. The summed E-state index contributed by atoms with van der Waals surface area (Å²) in [6.07, 6.45) is 0. The zero-order chi connectivity index (χ0) is 32.8. The Morgan fingerprint density at radius 3 is 1.94 bits per heavy atom. The highest BCUT2D eigenvalue weighted by Gasteiger charge is 2.23. The molecule has 8 aromatic carbocycles. The SMILES string of the molecule is c1ccc2cc(N(c3ccc(-c4ccc5c(c4)sc4ccccc45)cc3)c3cc4c5ccccc5oc4c4c3sc3ccccc34)ccc2c1. The van der Waals surface area contributed by atoms with Crippen molar-refractivity contribution in [2.75, 3.05) is 4.90 Å². The molecule has 11 rings (SSSR count). The number of fused-ring (bicyclic) bond motifs is 11. The summed E-state index contributed by atoms with van der Waals surface area (Å²) in [5, 5.41) is 9.75. The average Bonchev–Trinajstić information content (AvgIpc) is 3.86. The second-order valence-electron chi connectivity index (χ2n) is 12.9. The summed E-state index contributed by atoms with van der Waals surface area (Å²) in [5.74, 6) is 0. The van der Waals surface area contributed by atoms with Crippen LogP contribution < -0.4 is 4.90 Å². The summed E-state index contributed by atoms with van der Waals surface area (Å²) in [5.41, 5.74) is 7.67. The molecule has 0 radical (unpaired) electrons. The molecular formula is C46H27NOS2. The Kier molecular flexibility index (Phi) is 6.03. The maximum absolute atomic E-state index is 6.64. The molecule has 4 heteroatoms. The zero-order valence-electron chi connectivity index (χ0n) is 26.8. The van der Waals surface area contributed by atoms with Crippen LogP contribution in [0.25, 0.3) is 84.2 Å². The van der Waals surface area contributed by atoms with Crippen molar-refractivity contribution in [3.63, 3.8) is 0 Å². The average molecular weight is 674 g/mol. The molecule has 234 valence electrons. The van der Waals surface area contributed by atoms with E-state index >= 15 is 0 Å². The summed E-state index contributed by atoms with van der Waals surface area (Å²) in [6, 6.07) is 59.5. The molecule has 0 spiro atoms. The van der Waals surface area contributed by atoms with E-state index in [1.165, 1.54) is 62.2 Å². The van der Waals surface area contributed by atoms with Crippen molar-refractivity contribution in [3.05, 3.63) is 164 Å². The first-order valence-corrected chi connectivity index (χ1v) is 18.5. The molecule has 0 atom stereocenters. The van der Waals surface area contributed by atoms with Gasteiger partial charge in [-0.3, -0.25) is 0 Å². The smallest absolute Gasteiger partial charge is 0.144 e. The van der Waals surface area contributed by atoms with E-state index in [1.807, 2.05) is 22.7 Å². The van der Waals surface area contributed by atoms with Gasteiger partial charge in [0.25, 0.3) is 0 Å². The summed E-state index contributed by atoms with van der Waals surface area (Å²) in [6.45, 7) is 0.